The van der Waals surface area contributed by atoms with Crippen molar-refractivity contribution in [1.82, 2.24) is 4.98 Å². The summed E-state index contributed by atoms with van der Waals surface area (Å²) in [5, 5.41) is 1.92. The fraction of sp³-hybridized carbons (Fsp3) is 0.200. The van der Waals surface area contributed by atoms with Crippen LogP contribution in [0.2, 0.25) is 0 Å². The first-order chi connectivity index (χ1) is 4.33. The molecule has 0 fully saturated rings. The molecule has 1 heterocycles. The van der Waals surface area contributed by atoms with Crippen molar-refractivity contribution in [2.24, 2.45) is 0 Å². The molecule has 2 nitrogen and oxygen atoms in total. The van der Waals surface area contributed by atoms with Gasteiger partial charge < -0.3 is 0 Å². The van der Waals surface area contributed by atoms with Gasteiger partial charge >= 0.3 is 0 Å². The summed E-state index contributed by atoms with van der Waals surface area (Å²) in [5.74, 6) is 0. The summed E-state index contributed by atoms with van der Waals surface area (Å²) in [6, 6.07) is 0. The number of aryl methyl sites for hydroxylation is 1. The fourth-order valence-electron chi connectivity index (χ4n) is 0.428. The van der Waals surface area contributed by atoms with Gasteiger partial charge in [0.05, 0.1) is 0 Å². The number of carbonyl (C=O) groups excluding carboxylic acids is 1. The van der Waals surface area contributed by atoms with E-state index >= 15 is 0 Å². The SMILES string of the molecule is Cc1csc(SC=O)n1. The van der Waals surface area contributed by atoms with Crippen molar-refractivity contribution < 1.29 is 4.79 Å². The molecule has 1 rings (SSSR count). The molecule has 4 heteroatoms. The predicted molar refractivity (Wildman–Crippen MR) is 39.5 cm³/mol. The zero-order valence-corrected chi connectivity index (χ0v) is 6.46. The number of rotatable bonds is 2. The third kappa shape index (κ3) is 1.80. The van der Waals surface area contributed by atoms with Crippen LogP contribution >= 0.6 is 23.1 Å². The number of thioether (sulfide) groups is 1. The maximum absolute atomic E-state index is 9.91. The Labute approximate surface area is 61.3 Å². The van der Waals surface area contributed by atoms with Crippen molar-refractivity contribution in [1.29, 1.82) is 0 Å². The van der Waals surface area contributed by atoms with E-state index in [2.05, 4.69) is 4.98 Å². The topological polar surface area (TPSA) is 30.0 Å². The van der Waals surface area contributed by atoms with Crippen LogP contribution in [0.4, 0.5) is 0 Å². The van der Waals surface area contributed by atoms with Crippen LogP contribution in [0.25, 0.3) is 0 Å². The highest BCUT2D eigenvalue weighted by molar-refractivity contribution is 8.13. The van der Waals surface area contributed by atoms with E-state index in [1.165, 1.54) is 11.3 Å². The number of aromatic nitrogens is 1. The van der Waals surface area contributed by atoms with Gasteiger partial charge in [0.25, 0.3) is 0 Å². The molecule has 1 aromatic heterocycles. The molecule has 48 valence electrons. The Morgan fingerprint density at radius 2 is 2.67 bits per heavy atom. The highest BCUT2D eigenvalue weighted by Gasteiger charge is 1.95. The maximum Gasteiger partial charge on any atom is 0.183 e. The first-order valence-corrected chi connectivity index (χ1v) is 4.11. The second-order valence-corrected chi connectivity index (χ2v) is 3.40. The van der Waals surface area contributed by atoms with Crippen LogP contribution in [-0.4, -0.2) is 10.6 Å². The molecule has 0 atom stereocenters. The molecular weight excluding hydrogens is 154 g/mol. The highest BCUT2D eigenvalue weighted by Crippen LogP contribution is 2.19. The summed E-state index contributed by atoms with van der Waals surface area (Å²) < 4.78 is 0.822. The minimum absolute atomic E-state index is 0.790. The van der Waals surface area contributed by atoms with Gasteiger partial charge in [-0.2, -0.15) is 0 Å². The number of hydrogen-bond donors (Lipinski definition) is 0. The van der Waals surface area contributed by atoms with Crippen LogP contribution in [-0.2, 0) is 4.79 Å². The zero-order chi connectivity index (χ0) is 6.69. The van der Waals surface area contributed by atoms with Crippen LogP contribution < -0.4 is 0 Å². The van der Waals surface area contributed by atoms with Crippen molar-refractivity contribution in [2.45, 2.75) is 11.3 Å². The van der Waals surface area contributed by atoms with Crippen molar-refractivity contribution in [3.63, 3.8) is 0 Å². The molecule has 0 unspecified atom stereocenters. The van der Waals surface area contributed by atoms with Crippen molar-refractivity contribution in [3.8, 4) is 0 Å². The standard InChI is InChI=1S/C5H5NOS2/c1-4-2-8-5(6-4)9-3-7/h2-3H,1H3. The summed E-state index contributed by atoms with van der Waals surface area (Å²) >= 11 is 2.62. The molecule has 9 heavy (non-hydrogen) atoms. The van der Waals surface area contributed by atoms with Gasteiger partial charge in [-0.1, -0.05) is 0 Å². The van der Waals surface area contributed by atoms with E-state index < -0.39 is 0 Å². The fourth-order valence-corrected chi connectivity index (χ4v) is 1.71. The Kier molecular flexibility index (Phi) is 2.24. The van der Waals surface area contributed by atoms with Crippen molar-refractivity contribution in [2.75, 3.05) is 0 Å². The third-order valence-corrected chi connectivity index (χ3v) is 2.47. The lowest BCUT2D eigenvalue weighted by Gasteiger charge is -1.78. The van der Waals surface area contributed by atoms with Gasteiger partial charge in [-0.15, -0.1) is 11.3 Å². The Balaban J connectivity index is 2.72. The minimum atomic E-state index is 0.790. The average Bonchev–Trinajstić information content (AvgIpc) is 2.17. The van der Waals surface area contributed by atoms with Crippen LogP contribution in [0.1, 0.15) is 5.69 Å². The molecule has 0 saturated heterocycles. The van der Waals surface area contributed by atoms with E-state index in [1.54, 1.807) is 0 Å². The normalized spacial score (nSPS) is 9.44. The van der Waals surface area contributed by atoms with Crippen molar-refractivity contribution in [3.05, 3.63) is 11.1 Å². The molecule has 0 aromatic carbocycles. The van der Waals surface area contributed by atoms with Crippen molar-refractivity contribution >= 4 is 28.7 Å². The first-order valence-electron chi connectivity index (χ1n) is 2.35. The predicted octanol–water partition coefficient (Wildman–Crippen LogP) is 1.73. The lowest BCUT2D eigenvalue weighted by molar-refractivity contribution is 0.570. The lowest BCUT2D eigenvalue weighted by Crippen LogP contribution is -1.68. The van der Waals surface area contributed by atoms with Gasteiger partial charge in [-0.05, 0) is 18.7 Å². The Hall–Kier alpha value is -0.350. The van der Waals surface area contributed by atoms with E-state index in [4.69, 9.17) is 0 Å². The first kappa shape index (κ1) is 6.77. The van der Waals surface area contributed by atoms with E-state index in [1.807, 2.05) is 12.3 Å². The smallest absolute Gasteiger partial charge is 0.183 e. The largest absolute Gasteiger partial charge is 0.290 e. The van der Waals surface area contributed by atoms with Gasteiger partial charge in [0.15, 0.2) is 9.96 Å². The Morgan fingerprint density at radius 1 is 1.89 bits per heavy atom. The summed E-state index contributed by atoms with van der Waals surface area (Å²) in [7, 11) is 0. The molecule has 0 N–H and O–H groups in total. The quantitative estimate of drug-likeness (QED) is 0.486. The van der Waals surface area contributed by atoms with E-state index in [0.29, 0.717) is 0 Å². The molecule has 0 aliphatic rings. The zero-order valence-electron chi connectivity index (χ0n) is 4.83. The number of hydrogen-bond acceptors (Lipinski definition) is 4. The average molecular weight is 159 g/mol. The molecule has 0 saturated carbocycles. The molecule has 0 bridgehead atoms. The molecule has 0 aliphatic carbocycles. The van der Waals surface area contributed by atoms with E-state index in [9.17, 15) is 4.79 Å². The molecular formula is C5H5NOS2. The summed E-state index contributed by atoms with van der Waals surface area (Å²) in [5.41, 5.74) is 1.77. The second-order valence-electron chi connectivity index (χ2n) is 1.47. The maximum atomic E-state index is 9.91. The third-order valence-electron chi connectivity index (χ3n) is 0.747. The van der Waals surface area contributed by atoms with Crippen LogP contribution in [0.5, 0.6) is 0 Å². The minimum Gasteiger partial charge on any atom is -0.290 e. The second kappa shape index (κ2) is 2.98. The molecule has 0 radical (unpaired) electrons. The van der Waals surface area contributed by atoms with Gasteiger partial charge in [-0.3, -0.25) is 4.79 Å². The van der Waals surface area contributed by atoms with Crippen LogP contribution in [0.3, 0.4) is 0 Å². The van der Waals surface area contributed by atoms with Gasteiger partial charge in [0.1, 0.15) is 0 Å². The summed E-state index contributed by atoms with van der Waals surface area (Å²) in [6.45, 7) is 1.91. The lowest BCUT2D eigenvalue weighted by atomic mass is 10.6. The van der Waals surface area contributed by atoms with E-state index in [0.717, 1.165) is 27.4 Å². The molecule has 1 aromatic rings. The number of nitrogens with zero attached hydrogens (tertiary/aromatic N) is 1. The van der Waals surface area contributed by atoms with Gasteiger partial charge in [0, 0.05) is 11.1 Å². The van der Waals surface area contributed by atoms with Gasteiger partial charge in [0.2, 0.25) is 0 Å². The number of thiazole rings is 1. The van der Waals surface area contributed by atoms with E-state index in [-0.39, 0.29) is 0 Å². The number of carbonyl (C=O) groups is 1. The van der Waals surface area contributed by atoms with Crippen LogP contribution in [0, 0.1) is 6.92 Å². The molecule has 0 amide bonds. The monoisotopic (exact) mass is 159 g/mol. The molecule has 0 spiro atoms. The van der Waals surface area contributed by atoms with Crippen LogP contribution in [0.15, 0.2) is 9.72 Å². The summed E-state index contributed by atoms with van der Waals surface area (Å²) in [4.78, 5) is 14.0. The van der Waals surface area contributed by atoms with Gasteiger partial charge in [-0.25, -0.2) is 4.98 Å². The summed E-state index contributed by atoms with van der Waals surface area (Å²) in [6.07, 6.45) is 0. The molecule has 0 aliphatic heterocycles. The highest BCUT2D eigenvalue weighted by atomic mass is 32.2. The Morgan fingerprint density at radius 3 is 3.11 bits per heavy atom. The Bertz CT molecular complexity index is 208.